The minimum Gasteiger partial charge on any atom is -0.468 e. The number of esters is 1. The van der Waals surface area contributed by atoms with Gasteiger partial charge in [-0.05, 0) is 23.6 Å². The number of nitrogens with one attached hydrogen (secondary N) is 1. The van der Waals surface area contributed by atoms with Gasteiger partial charge in [-0.3, -0.25) is 9.59 Å². The highest BCUT2D eigenvalue weighted by atomic mass is 32.2. The summed E-state index contributed by atoms with van der Waals surface area (Å²) in [4.78, 5) is 23.1. The van der Waals surface area contributed by atoms with Crippen molar-refractivity contribution in [1.82, 2.24) is 5.32 Å². The highest BCUT2D eigenvalue weighted by Gasteiger charge is 2.31. The second kappa shape index (κ2) is 9.70. The lowest BCUT2D eigenvalue weighted by Gasteiger charge is -2.24. The van der Waals surface area contributed by atoms with E-state index in [9.17, 15) is 22.8 Å². The molecule has 0 radical (unpaired) electrons. The molecule has 1 unspecified atom stereocenters. The zero-order valence-corrected chi connectivity index (χ0v) is 15.2. The van der Waals surface area contributed by atoms with E-state index in [4.69, 9.17) is 0 Å². The summed E-state index contributed by atoms with van der Waals surface area (Å²) >= 11 is 1.27. The second-order valence-corrected chi connectivity index (χ2v) is 6.90. The third kappa shape index (κ3) is 7.37. The summed E-state index contributed by atoms with van der Waals surface area (Å²) < 4.78 is 43.1. The third-order valence-corrected chi connectivity index (χ3v) is 4.41. The van der Waals surface area contributed by atoms with Gasteiger partial charge < -0.3 is 10.1 Å². The van der Waals surface area contributed by atoms with Gasteiger partial charge in [0.05, 0.1) is 24.5 Å². The molecule has 140 valence electrons. The summed E-state index contributed by atoms with van der Waals surface area (Å²) in [5, 5.41) is 2.78. The first-order valence-electron chi connectivity index (χ1n) is 7.76. The maximum absolute atomic E-state index is 12.9. The molecule has 0 saturated carbocycles. The van der Waals surface area contributed by atoms with Crippen molar-refractivity contribution in [3.05, 3.63) is 35.4 Å². The van der Waals surface area contributed by atoms with Crippen LogP contribution >= 0.6 is 11.8 Å². The van der Waals surface area contributed by atoms with E-state index >= 15 is 0 Å². The summed E-state index contributed by atoms with van der Waals surface area (Å²) in [7, 11) is 1.29. The molecule has 0 spiro atoms. The molecular formula is C17H22F3NO3S. The lowest BCUT2D eigenvalue weighted by Crippen LogP contribution is -2.32. The van der Waals surface area contributed by atoms with Gasteiger partial charge in [-0.1, -0.05) is 26.0 Å². The van der Waals surface area contributed by atoms with E-state index in [1.807, 2.05) is 13.8 Å². The van der Waals surface area contributed by atoms with E-state index in [1.54, 1.807) is 6.07 Å². The predicted molar refractivity (Wildman–Crippen MR) is 91.1 cm³/mol. The van der Waals surface area contributed by atoms with Crippen molar-refractivity contribution in [2.45, 2.75) is 32.5 Å². The minimum absolute atomic E-state index is 0.0739. The molecule has 8 heteroatoms. The molecule has 1 aromatic carbocycles. The van der Waals surface area contributed by atoms with Crippen molar-refractivity contribution in [1.29, 1.82) is 0 Å². The van der Waals surface area contributed by atoms with Crippen molar-refractivity contribution in [3.8, 4) is 0 Å². The van der Waals surface area contributed by atoms with Crippen LogP contribution in [0.3, 0.4) is 0 Å². The standard InChI is InChI=1S/C17H22F3NO3S/c1-11(2)16(12-5-4-6-13(9-12)17(18,19)20)21-14(22)7-8-25-10-15(23)24-3/h4-6,9,11,16H,7-8,10H2,1-3H3,(H,21,22). The van der Waals surface area contributed by atoms with Gasteiger partial charge in [-0.2, -0.15) is 13.2 Å². The number of hydrogen-bond acceptors (Lipinski definition) is 4. The van der Waals surface area contributed by atoms with E-state index in [0.29, 0.717) is 11.3 Å². The Bertz CT molecular complexity index is 591. The Morgan fingerprint density at radius 2 is 1.96 bits per heavy atom. The Morgan fingerprint density at radius 3 is 2.52 bits per heavy atom. The molecule has 0 aliphatic rings. The lowest BCUT2D eigenvalue weighted by atomic mass is 9.94. The number of halogens is 3. The monoisotopic (exact) mass is 377 g/mol. The van der Waals surface area contributed by atoms with E-state index in [0.717, 1.165) is 12.1 Å². The third-order valence-electron chi connectivity index (χ3n) is 3.48. The Hall–Kier alpha value is -1.70. The number of benzene rings is 1. The summed E-state index contributed by atoms with van der Waals surface area (Å²) in [5.74, 6) is -0.127. The molecule has 1 rings (SSSR count). The SMILES string of the molecule is COC(=O)CSCCC(=O)NC(c1cccc(C(F)(F)F)c1)C(C)C. The zero-order valence-electron chi connectivity index (χ0n) is 14.4. The largest absolute Gasteiger partial charge is 0.468 e. The van der Waals surface area contributed by atoms with Gasteiger partial charge in [0.2, 0.25) is 5.91 Å². The topological polar surface area (TPSA) is 55.4 Å². The summed E-state index contributed by atoms with van der Waals surface area (Å²) in [6.07, 6.45) is -4.25. The average Bonchev–Trinajstić information content (AvgIpc) is 2.55. The lowest BCUT2D eigenvalue weighted by molar-refractivity contribution is -0.138. The van der Waals surface area contributed by atoms with Crippen LogP contribution in [0.1, 0.15) is 37.4 Å². The van der Waals surface area contributed by atoms with Crippen LogP contribution in [0.25, 0.3) is 0 Å². The van der Waals surface area contributed by atoms with Crippen LogP contribution in [0.15, 0.2) is 24.3 Å². The number of carbonyl (C=O) groups is 2. The fourth-order valence-electron chi connectivity index (χ4n) is 2.17. The van der Waals surface area contributed by atoms with E-state index in [1.165, 1.54) is 24.9 Å². The van der Waals surface area contributed by atoms with E-state index < -0.39 is 17.8 Å². The number of hydrogen-bond donors (Lipinski definition) is 1. The highest BCUT2D eigenvalue weighted by Crippen LogP contribution is 2.32. The maximum Gasteiger partial charge on any atom is 0.416 e. The van der Waals surface area contributed by atoms with Crippen molar-refractivity contribution >= 4 is 23.6 Å². The molecule has 25 heavy (non-hydrogen) atoms. The first-order chi connectivity index (χ1) is 11.6. The Labute approximate surface area is 149 Å². The van der Waals surface area contributed by atoms with Crippen molar-refractivity contribution in [2.75, 3.05) is 18.6 Å². The molecule has 1 atom stereocenters. The summed E-state index contributed by atoms with van der Waals surface area (Å²) in [6, 6.07) is 4.47. The zero-order chi connectivity index (χ0) is 19.0. The predicted octanol–water partition coefficient (Wildman–Crippen LogP) is 3.82. The van der Waals surface area contributed by atoms with Crippen LogP contribution in [0.2, 0.25) is 0 Å². The van der Waals surface area contributed by atoms with Crippen LogP contribution in [0.5, 0.6) is 0 Å². The molecule has 1 aromatic rings. The van der Waals surface area contributed by atoms with Gasteiger partial charge in [-0.25, -0.2) is 0 Å². The fraction of sp³-hybridized carbons (Fsp3) is 0.529. The first-order valence-corrected chi connectivity index (χ1v) is 8.91. The molecule has 0 fully saturated rings. The normalized spacial score (nSPS) is 12.8. The smallest absolute Gasteiger partial charge is 0.416 e. The molecule has 0 bridgehead atoms. The Balaban J connectivity index is 2.69. The fourth-order valence-corrected chi connectivity index (χ4v) is 2.93. The molecule has 1 amide bonds. The van der Waals surface area contributed by atoms with Crippen LogP contribution in [-0.4, -0.2) is 30.5 Å². The molecular weight excluding hydrogens is 355 g/mol. The van der Waals surface area contributed by atoms with Crippen molar-refractivity contribution in [2.24, 2.45) is 5.92 Å². The second-order valence-electron chi connectivity index (χ2n) is 5.79. The number of thioether (sulfide) groups is 1. The number of rotatable bonds is 8. The maximum atomic E-state index is 12.9. The number of ether oxygens (including phenoxy) is 1. The van der Waals surface area contributed by atoms with Crippen molar-refractivity contribution < 1.29 is 27.5 Å². The van der Waals surface area contributed by atoms with Crippen LogP contribution in [-0.2, 0) is 20.5 Å². The number of alkyl halides is 3. The highest BCUT2D eigenvalue weighted by molar-refractivity contribution is 7.99. The van der Waals surface area contributed by atoms with Crippen LogP contribution in [0.4, 0.5) is 13.2 Å². The first kappa shape index (κ1) is 21.3. The quantitative estimate of drug-likeness (QED) is 0.553. The number of carbonyl (C=O) groups excluding carboxylic acids is 2. The summed E-state index contributed by atoms with van der Waals surface area (Å²) in [6.45, 7) is 3.66. The number of methoxy groups -OCH3 is 1. The van der Waals surface area contributed by atoms with Gasteiger partial charge in [0.25, 0.3) is 0 Å². The Kier molecular flexibility index (Phi) is 8.28. The Morgan fingerprint density at radius 1 is 1.28 bits per heavy atom. The minimum atomic E-state index is -4.42. The van der Waals surface area contributed by atoms with E-state index in [-0.39, 0.29) is 30.0 Å². The van der Waals surface area contributed by atoms with E-state index in [2.05, 4.69) is 10.1 Å². The molecule has 0 heterocycles. The average molecular weight is 377 g/mol. The molecule has 0 aliphatic heterocycles. The van der Waals surface area contributed by atoms with Gasteiger partial charge in [-0.15, -0.1) is 11.8 Å². The molecule has 4 nitrogen and oxygen atoms in total. The molecule has 0 saturated heterocycles. The molecule has 0 aromatic heterocycles. The van der Waals surface area contributed by atoms with Gasteiger partial charge in [0.1, 0.15) is 0 Å². The summed E-state index contributed by atoms with van der Waals surface area (Å²) in [5.41, 5.74) is -0.320. The molecule has 1 N–H and O–H groups in total. The van der Waals surface area contributed by atoms with Crippen LogP contribution < -0.4 is 5.32 Å². The van der Waals surface area contributed by atoms with Gasteiger partial charge >= 0.3 is 12.1 Å². The van der Waals surface area contributed by atoms with Crippen LogP contribution in [0, 0.1) is 5.92 Å². The number of amides is 1. The van der Waals surface area contributed by atoms with Crippen molar-refractivity contribution in [3.63, 3.8) is 0 Å². The van der Waals surface area contributed by atoms with Gasteiger partial charge in [0.15, 0.2) is 0 Å². The van der Waals surface area contributed by atoms with Gasteiger partial charge in [0, 0.05) is 12.2 Å². The molecule has 0 aliphatic carbocycles.